The van der Waals surface area contributed by atoms with E-state index in [0.29, 0.717) is 12.2 Å². The molecule has 2 N–H and O–H groups in total. The van der Waals surface area contributed by atoms with E-state index in [0.717, 1.165) is 19.1 Å². The molecule has 0 saturated heterocycles. The predicted molar refractivity (Wildman–Crippen MR) is 67.0 cm³/mol. The molecular formula is C12H14O9. The summed E-state index contributed by atoms with van der Waals surface area (Å²) >= 11 is 0. The smallest absolute Gasteiger partial charge is 0.338 e. The Morgan fingerprint density at radius 3 is 1.62 bits per heavy atom. The molecule has 0 heterocycles. The third-order valence-electron chi connectivity index (χ3n) is 1.25. The molecule has 116 valence electrons. The third-order valence-corrected chi connectivity index (χ3v) is 1.25. The highest BCUT2D eigenvalue weighted by Gasteiger charge is 2.00. The number of esters is 3. The Morgan fingerprint density at radius 1 is 0.857 bits per heavy atom. The minimum absolute atomic E-state index is 0.253. The lowest BCUT2D eigenvalue weighted by Gasteiger charge is -1.92. The van der Waals surface area contributed by atoms with Gasteiger partial charge in [0.05, 0.1) is 6.61 Å². The molecule has 9 heteroatoms. The maximum atomic E-state index is 10.4. The van der Waals surface area contributed by atoms with Crippen molar-refractivity contribution in [3.05, 3.63) is 24.3 Å². The molecule has 0 aromatic rings. The third kappa shape index (κ3) is 19.5. The van der Waals surface area contributed by atoms with E-state index in [-0.39, 0.29) is 6.61 Å². The SMILES string of the molecule is CC(=O)OC(=O)/C=C\C(=O)O.CCOC(=O)/C=C\C(=O)O. The van der Waals surface area contributed by atoms with E-state index >= 15 is 0 Å². The maximum Gasteiger partial charge on any atom is 0.338 e. The van der Waals surface area contributed by atoms with E-state index in [2.05, 4.69) is 9.47 Å². The fourth-order valence-corrected chi connectivity index (χ4v) is 0.645. The van der Waals surface area contributed by atoms with E-state index in [4.69, 9.17) is 10.2 Å². The summed E-state index contributed by atoms with van der Waals surface area (Å²) in [5.41, 5.74) is 0. The lowest BCUT2D eigenvalue weighted by molar-refractivity contribution is -0.154. The fraction of sp³-hybridized carbons (Fsp3) is 0.250. The van der Waals surface area contributed by atoms with Crippen LogP contribution in [0.25, 0.3) is 0 Å². The first-order chi connectivity index (χ1) is 9.68. The van der Waals surface area contributed by atoms with E-state index < -0.39 is 29.8 Å². The zero-order valence-corrected chi connectivity index (χ0v) is 11.3. The van der Waals surface area contributed by atoms with Gasteiger partial charge in [0.1, 0.15) is 0 Å². The summed E-state index contributed by atoms with van der Waals surface area (Å²) in [6, 6.07) is 0. The van der Waals surface area contributed by atoms with Crippen molar-refractivity contribution in [3.8, 4) is 0 Å². The van der Waals surface area contributed by atoms with Crippen LogP contribution in [0, 0.1) is 0 Å². The van der Waals surface area contributed by atoms with Crippen molar-refractivity contribution >= 4 is 29.8 Å². The molecule has 0 unspecified atom stereocenters. The van der Waals surface area contributed by atoms with E-state index in [1.165, 1.54) is 0 Å². The van der Waals surface area contributed by atoms with E-state index in [1.807, 2.05) is 0 Å². The highest BCUT2D eigenvalue weighted by molar-refractivity contribution is 5.95. The number of carbonyl (C=O) groups is 5. The van der Waals surface area contributed by atoms with Gasteiger partial charge in [-0.25, -0.2) is 19.2 Å². The molecule has 9 nitrogen and oxygen atoms in total. The van der Waals surface area contributed by atoms with Crippen LogP contribution in [0.2, 0.25) is 0 Å². The highest BCUT2D eigenvalue weighted by atomic mass is 16.6. The normalized spacial score (nSPS) is 9.62. The standard InChI is InChI=1S/C6H6O5.C6H8O4/c1-4(7)11-6(10)3-2-5(8)9;1-2-10-6(9)4-3-5(7)8/h2-3H,1H3,(H,8,9);3-4H,2H2,1H3,(H,7,8)/b3-2-;4-3-. The highest BCUT2D eigenvalue weighted by Crippen LogP contribution is 1.82. The summed E-state index contributed by atoms with van der Waals surface area (Å²) in [6.45, 7) is 2.95. The maximum absolute atomic E-state index is 10.4. The minimum Gasteiger partial charge on any atom is -0.478 e. The molecule has 0 aromatic carbocycles. The summed E-state index contributed by atoms with van der Waals surface area (Å²) in [4.78, 5) is 50.4. The molecule has 0 amide bonds. The van der Waals surface area contributed by atoms with Gasteiger partial charge in [-0.3, -0.25) is 4.79 Å². The molecule has 0 bridgehead atoms. The topological polar surface area (TPSA) is 144 Å². The Balaban J connectivity index is 0. The number of carboxylic acids is 2. The van der Waals surface area contributed by atoms with Crippen molar-refractivity contribution in [2.24, 2.45) is 0 Å². The first-order valence-electron chi connectivity index (χ1n) is 5.40. The van der Waals surface area contributed by atoms with Gasteiger partial charge in [-0.15, -0.1) is 0 Å². The quantitative estimate of drug-likeness (QED) is 0.404. The van der Waals surface area contributed by atoms with Crippen molar-refractivity contribution in [2.75, 3.05) is 6.61 Å². The van der Waals surface area contributed by atoms with Crippen molar-refractivity contribution in [2.45, 2.75) is 13.8 Å². The zero-order chi connectivity index (χ0) is 16.8. The average Bonchev–Trinajstić information content (AvgIpc) is 2.34. The van der Waals surface area contributed by atoms with Gasteiger partial charge < -0.3 is 19.7 Å². The molecule has 0 aliphatic rings. The van der Waals surface area contributed by atoms with Gasteiger partial charge in [0, 0.05) is 31.2 Å². The largest absolute Gasteiger partial charge is 0.478 e. The van der Waals surface area contributed by atoms with Crippen LogP contribution < -0.4 is 0 Å². The molecule has 0 fully saturated rings. The van der Waals surface area contributed by atoms with Gasteiger partial charge in [0.2, 0.25) is 0 Å². The molecular weight excluding hydrogens is 288 g/mol. The van der Waals surface area contributed by atoms with Gasteiger partial charge in [0.25, 0.3) is 0 Å². The molecule has 0 atom stereocenters. The second-order valence-electron chi connectivity index (χ2n) is 3.01. The summed E-state index contributed by atoms with van der Waals surface area (Å²) in [7, 11) is 0. The Bertz CT molecular complexity index is 459. The Kier molecular flexibility index (Phi) is 11.7. The Labute approximate surface area is 119 Å². The second-order valence-corrected chi connectivity index (χ2v) is 3.01. The van der Waals surface area contributed by atoms with Crippen molar-refractivity contribution in [3.63, 3.8) is 0 Å². The Hall–Kier alpha value is -2.97. The summed E-state index contributed by atoms with van der Waals surface area (Å²) < 4.78 is 8.38. The fourth-order valence-electron chi connectivity index (χ4n) is 0.645. The monoisotopic (exact) mass is 302 g/mol. The van der Waals surface area contributed by atoms with Crippen LogP contribution in [0.4, 0.5) is 0 Å². The first kappa shape index (κ1) is 20.3. The van der Waals surface area contributed by atoms with Crippen LogP contribution in [0.15, 0.2) is 24.3 Å². The zero-order valence-electron chi connectivity index (χ0n) is 11.3. The Morgan fingerprint density at radius 2 is 1.29 bits per heavy atom. The van der Waals surface area contributed by atoms with Gasteiger partial charge in [-0.2, -0.15) is 0 Å². The molecule has 0 rings (SSSR count). The molecule has 0 aromatic heterocycles. The van der Waals surface area contributed by atoms with Crippen LogP contribution in [0.5, 0.6) is 0 Å². The molecule has 0 spiro atoms. The molecule has 21 heavy (non-hydrogen) atoms. The number of hydrogen-bond donors (Lipinski definition) is 2. The molecule has 0 aliphatic carbocycles. The summed E-state index contributed by atoms with van der Waals surface area (Å²) in [5, 5.41) is 16.1. The number of rotatable bonds is 5. The second kappa shape index (κ2) is 12.1. The summed E-state index contributed by atoms with van der Waals surface area (Å²) in [6.07, 6.45) is 2.85. The van der Waals surface area contributed by atoms with Crippen LogP contribution >= 0.6 is 0 Å². The van der Waals surface area contributed by atoms with Crippen LogP contribution in [-0.2, 0) is 33.4 Å². The van der Waals surface area contributed by atoms with Crippen LogP contribution in [-0.4, -0.2) is 46.7 Å². The van der Waals surface area contributed by atoms with Gasteiger partial charge in [0.15, 0.2) is 0 Å². The van der Waals surface area contributed by atoms with Gasteiger partial charge in [-0.05, 0) is 6.92 Å². The number of aliphatic carboxylic acids is 2. The molecule has 0 radical (unpaired) electrons. The predicted octanol–water partition coefficient (Wildman–Crippen LogP) is -0.0928. The number of ether oxygens (including phenoxy) is 2. The van der Waals surface area contributed by atoms with Crippen molar-refractivity contribution in [1.29, 1.82) is 0 Å². The van der Waals surface area contributed by atoms with E-state index in [9.17, 15) is 24.0 Å². The van der Waals surface area contributed by atoms with Crippen LogP contribution in [0.1, 0.15) is 13.8 Å². The van der Waals surface area contributed by atoms with E-state index in [1.54, 1.807) is 6.92 Å². The first-order valence-corrected chi connectivity index (χ1v) is 5.40. The molecule has 0 saturated carbocycles. The summed E-state index contributed by atoms with van der Waals surface area (Å²) in [5.74, 6) is -4.83. The average molecular weight is 302 g/mol. The molecule has 0 aliphatic heterocycles. The minimum atomic E-state index is -1.27. The van der Waals surface area contributed by atoms with Crippen molar-refractivity contribution in [1.82, 2.24) is 0 Å². The van der Waals surface area contributed by atoms with Gasteiger partial charge >= 0.3 is 29.8 Å². The number of carboxylic acid groups (broad SMARTS) is 2. The lowest BCUT2D eigenvalue weighted by Crippen LogP contribution is -2.06. The number of hydrogen-bond acceptors (Lipinski definition) is 7. The number of carbonyl (C=O) groups excluding carboxylic acids is 3. The van der Waals surface area contributed by atoms with Crippen LogP contribution in [0.3, 0.4) is 0 Å². The van der Waals surface area contributed by atoms with Crippen molar-refractivity contribution < 1.29 is 43.7 Å². The van der Waals surface area contributed by atoms with Gasteiger partial charge in [-0.1, -0.05) is 0 Å². The lowest BCUT2D eigenvalue weighted by atomic mass is 10.5.